The highest BCUT2D eigenvalue weighted by atomic mass is 16.5. The molecule has 7 heteroatoms. The lowest BCUT2D eigenvalue weighted by Gasteiger charge is -2.26. The Labute approximate surface area is 140 Å². The van der Waals surface area contributed by atoms with Gasteiger partial charge in [0.05, 0.1) is 0 Å². The zero-order valence-corrected chi connectivity index (χ0v) is 14.4. The summed E-state index contributed by atoms with van der Waals surface area (Å²) in [6, 6.07) is 0. The van der Waals surface area contributed by atoms with Gasteiger partial charge in [0.2, 0.25) is 5.89 Å². The number of nitrogens with one attached hydrogen (secondary N) is 2. The van der Waals surface area contributed by atoms with E-state index in [0.29, 0.717) is 34.2 Å². The van der Waals surface area contributed by atoms with Crippen LogP contribution in [0.15, 0.2) is 4.52 Å². The second kappa shape index (κ2) is 5.89. The van der Waals surface area contributed by atoms with Gasteiger partial charge in [-0.25, -0.2) is 0 Å². The number of ketones is 1. The highest BCUT2D eigenvalue weighted by molar-refractivity contribution is 6.02. The standard InChI is InChI=1S/C17H22N4O3/c1-9-13(11(3)22)10(2)18-14(9)15(23)20-17(7-5-6-8-17)16-19-12(4)24-21-16/h18H,5-8H2,1-4H3,(H,20,23). The molecule has 3 rings (SSSR count). The molecule has 1 saturated carbocycles. The third-order valence-electron chi connectivity index (χ3n) is 4.78. The molecule has 2 heterocycles. The van der Waals surface area contributed by atoms with E-state index in [2.05, 4.69) is 20.4 Å². The van der Waals surface area contributed by atoms with Crippen LogP contribution in [-0.4, -0.2) is 26.8 Å². The van der Waals surface area contributed by atoms with Gasteiger partial charge in [-0.15, -0.1) is 0 Å². The van der Waals surface area contributed by atoms with E-state index in [1.165, 1.54) is 6.92 Å². The smallest absolute Gasteiger partial charge is 0.268 e. The number of hydrogen-bond donors (Lipinski definition) is 2. The van der Waals surface area contributed by atoms with E-state index in [4.69, 9.17) is 4.52 Å². The van der Waals surface area contributed by atoms with Gasteiger partial charge in [-0.3, -0.25) is 9.59 Å². The van der Waals surface area contributed by atoms with E-state index in [9.17, 15) is 9.59 Å². The van der Waals surface area contributed by atoms with Crippen molar-refractivity contribution >= 4 is 11.7 Å². The van der Waals surface area contributed by atoms with Crippen LogP contribution in [0.1, 0.15) is 76.4 Å². The third-order valence-corrected chi connectivity index (χ3v) is 4.78. The maximum atomic E-state index is 12.9. The first-order chi connectivity index (χ1) is 11.3. The fourth-order valence-electron chi connectivity index (χ4n) is 3.66. The molecule has 1 aliphatic rings. The van der Waals surface area contributed by atoms with Gasteiger partial charge in [-0.1, -0.05) is 18.0 Å². The van der Waals surface area contributed by atoms with Crippen LogP contribution in [0.2, 0.25) is 0 Å². The molecule has 0 radical (unpaired) electrons. The molecule has 128 valence electrons. The van der Waals surface area contributed by atoms with Crippen molar-refractivity contribution in [3.8, 4) is 0 Å². The summed E-state index contributed by atoms with van der Waals surface area (Å²) in [5, 5.41) is 7.12. The first kappa shape index (κ1) is 16.4. The number of H-pyrrole nitrogens is 1. The average molecular weight is 330 g/mol. The minimum Gasteiger partial charge on any atom is -0.354 e. The molecule has 0 bridgehead atoms. The summed E-state index contributed by atoms with van der Waals surface area (Å²) in [6.07, 6.45) is 3.54. The quantitative estimate of drug-likeness (QED) is 0.839. The van der Waals surface area contributed by atoms with Crippen LogP contribution in [0, 0.1) is 20.8 Å². The molecule has 24 heavy (non-hydrogen) atoms. The van der Waals surface area contributed by atoms with Crippen molar-refractivity contribution < 1.29 is 14.1 Å². The van der Waals surface area contributed by atoms with Gasteiger partial charge in [0.1, 0.15) is 11.2 Å². The zero-order chi connectivity index (χ0) is 17.5. The number of aryl methyl sites for hydroxylation is 2. The number of aromatic amines is 1. The first-order valence-corrected chi connectivity index (χ1v) is 8.17. The number of nitrogens with zero attached hydrogens (tertiary/aromatic N) is 2. The van der Waals surface area contributed by atoms with Crippen molar-refractivity contribution in [3.05, 3.63) is 34.2 Å². The summed E-state index contributed by atoms with van der Waals surface area (Å²) < 4.78 is 5.10. The zero-order valence-electron chi connectivity index (χ0n) is 14.4. The molecule has 0 spiro atoms. The van der Waals surface area contributed by atoms with Crippen LogP contribution >= 0.6 is 0 Å². The molecule has 0 aromatic carbocycles. The topological polar surface area (TPSA) is 101 Å². The van der Waals surface area contributed by atoms with E-state index in [-0.39, 0.29) is 11.7 Å². The predicted molar refractivity (Wildman–Crippen MR) is 86.9 cm³/mol. The molecule has 7 nitrogen and oxygen atoms in total. The molecular formula is C17H22N4O3. The lowest BCUT2D eigenvalue weighted by atomic mass is 9.96. The number of carbonyl (C=O) groups is 2. The van der Waals surface area contributed by atoms with Crippen LogP contribution in [0.3, 0.4) is 0 Å². The van der Waals surface area contributed by atoms with Crippen LogP contribution in [0.4, 0.5) is 0 Å². The van der Waals surface area contributed by atoms with E-state index < -0.39 is 5.54 Å². The highest BCUT2D eigenvalue weighted by Gasteiger charge is 2.42. The van der Waals surface area contributed by atoms with Crippen molar-refractivity contribution in [2.24, 2.45) is 0 Å². The van der Waals surface area contributed by atoms with Gasteiger partial charge in [0.15, 0.2) is 11.6 Å². The fraction of sp³-hybridized carbons (Fsp3) is 0.529. The molecule has 2 aromatic heterocycles. The number of hydrogen-bond acceptors (Lipinski definition) is 5. The highest BCUT2D eigenvalue weighted by Crippen LogP contribution is 2.37. The van der Waals surface area contributed by atoms with Crippen molar-refractivity contribution in [2.45, 2.75) is 58.9 Å². The number of rotatable bonds is 4. The molecule has 0 aliphatic heterocycles. The molecule has 0 unspecified atom stereocenters. The Kier molecular flexibility index (Phi) is 4.03. The summed E-state index contributed by atoms with van der Waals surface area (Å²) in [5.74, 6) is 0.715. The maximum Gasteiger partial charge on any atom is 0.268 e. The average Bonchev–Trinajstić information content (AvgIpc) is 3.19. The largest absolute Gasteiger partial charge is 0.354 e. The van der Waals surface area contributed by atoms with Gasteiger partial charge in [-0.05, 0) is 39.2 Å². The Balaban J connectivity index is 1.93. The number of amides is 1. The predicted octanol–water partition coefficient (Wildman–Crippen LogP) is 2.72. The number of carbonyl (C=O) groups excluding carboxylic acids is 2. The van der Waals surface area contributed by atoms with Gasteiger partial charge in [0.25, 0.3) is 5.91 Å². The number of Topliss-reactive ketones (excluding diaryl/α,β-unsaturated/α-hetero) is 1. The van der Waals surface area contributed by atoms with E-state index in [1.54, 1.807) is 20.8 Å². The van der Waals surface area contributed by atoms with E-state index in [0.717, 1.165) is 25.7 Å². The van der Waals surface area contributed by atoms with Gasteiger partial charge in [0, 0.05) is 18.2 Å². The normalized spacial score (nSPS) is 16.3. The van der Waals surface area contributed by atoms with Crippen LogP contribution in [0.25, 0.3) is 0 Å². The SMILES string of the molecule is CC(=O)c1c(C)[nH]c(C(=O)NC2(c3noc(C)n3)CCCC2)c1C. The third kappa shape index (κ3) is 2.64. The van der Waals surface area contributed by atoms with Gasteiger partial charge in [-0.2, -0.15) is 4.98 Å². The Morgan fingerprint density at radius 1 is 1.21 bits per heavy atom. The fourth-order valence-corrected chi connectivity index (χ4v) is 3.66. The Bertz CT molecular complexity index is 797. The summed E-state index contributed by atoms with van der Waals surface area (Å²) in [6.45, 7) is 6.83. The van der Waals surface area contributed by atoms with Gasteiger partial charge < -0.3 is 14.8 Å². The van der Waals surface area contributed by atoms with Crippen molar-refractivity contribution in [1.82, 2.24) is 20.4 Å². The number of aromatic nitrogens is 3. The van der Waals surface area contributed by atoms with Gasteiger partial charge >= 0.3 is 0 Å². The lowest BCUT2D eigenvalue weighted by molar-refractivity contribution is 0.0886. The molecule has 1 amide bonds. The van der Waals surface area contributed by atoms with Crippen molar-refractivity contribution in [2.75, 3.05) is 0 Å². The Morgan fingerprint density at radius 3 is 2.38 bits per heavy atom. The molecule has 0 saturated heterocycles. The van der Waals surface area contributed by atoms with Crippen LogP contribution in [0.5, 0.6) is 0 Å². The summed E-state index contributed by atoms with van der Waals surface area (Å²) >= 11 is 0. The van der Waals surface area contributed by atoms with Crippen LogP contribution < -0.4 is 5.32 Å². The van der Waals surface area contributed by atoms with Crippen molar-refractivity contribution in [1.29, 1.82) is 0 Å². The Morgan fingerprint density at radius 2 is 1.88 bits per heavy atom. The molecular weight excluding hydrogens is 308 g/mol. The van der Waals surface area contributed by atoms with E-state index in [1.807, 2.05) is 0 Å². The minimum atomic E-state index is -0.601. The first-order valence-electron chi connectivity index (χ1n) is 8.17. The lowest BCUT2D eigenvalue weighted by Crippen LogP contribution is -2.45. The molecule has 2 aromatic rings. The Hall–Kier alpha value is -2.44. The minimum absolute atomic E-state index is 0.0512. The monoisotopic (exact) mass is 330 g/mol. The second-order valence-corrected chi connectivity index (χ2v) is 6.56. The summed E-state index contributed by atoms with van der Waals surface area (Å²) in [5.41, 5.74) is 1.78. The molecule has 1 fully saturated rings. The molecule has 0 atom stereocenters. The molecule has 1 aliphatic carbocycles. The summed E-state index contributed by atoms with van der Waals surface area (Å²) in [4.78, 5) is 32.0. The van der Waals surface area contributed by atoms with Crippen molar-refractivity contribution in [3.63, 3.8) is 0 Å². The van der Waals surface area contributed by atoms with Crippen LogP contribution in [-0.2, 0) is 5.54 Å². The molecule has 2 N–H and O–H groups in total. The maximum absolute atomic E-state index is 12.9. The summed E-state index contributed by atoms with van der Waals surface area (Å²) in [7, 11) is 0. The second-order valence-electron chi connectivity index (χ2n) is 6.56. The van der Waals surface area contributed by atoms with E-state index >= 15 is 0 Å².